The second-order valence-corrected chi connectivity index (χ2v) is 6.10. The van der Waals surface area contributed by atoms with Crippen molar-refractivity contribution in [3.8, 4) is 17.2 Å². The summed E-state index contributed by atoms with van der Waals surface area (Å²) in [4.78, 5) is 12.3. The third-order valence-electron chi connectivity index (χ3n) is 4.30. The van der Waals surface area contributed by atoms with Crippen molar-refractivity contribution in [1.29, 1.82) is 0 Å². The van der Waals surface area contributed by atoms with Gasteiger partial charge in [0.15, 0.2) is 11.5 Å². The zero-order valence-corrected chi connectivity index (χ0v) is 17.4. The predicted molar refractivity (Wildman–Crippen MR) is 113 cm³/mol. The molecule has 160 valence electrons. The number of nitrogens with zero attached hydrogens (tertiary/aromatic N) is 2. The molecular weight excluding hydrogens is 400 g/mol. The summed E-state index contributed by atoms with van der Waals surface area (Å²) in [5.41, 5.74) is 1.14. The molecule has 0 aliphatic carbocycles. The highest BCUT2D eigenvalue weighted by atomic mass is 35.5. The average Bonchev–Trinajstić information content (AvgIpc) is 2.72. The maximum absolute atomic E-state index is 10.7. The Balaban J connectivity index is 0.00000420. The van der Waals surface area contributed by atoms with Gasteiger partial charge in [-0.2, -0.15) is 0 Å². The summed E-state index contributed by atoms with van der Waals surface area (Å²) < 4.78 is 16.2. The number of hydrogen-bond acceptors (Lipinski definition) is 7. The summed E-state index contributed by atoms with van der Waals surface area (Å²) in [7, 11) is 3.21. The molecule has 29 heavy (non-hydrogen) atoms. The van der Waals surface area contributed by atoms with Crippen LogP contribution in [0.2, 0.25) is 0 Å². The Bertz CT molecular complexity index is 757. The van der Waals surface area contributed by atoms with Crippen LogP contribution in [-0.4, -0.2) is 62.0 Å². The highest BCUT2D eigenvalue weighted by Gasteiger charge is 2.09. The van der Waals surface area contributed by atoms with Crippen LogP contribution in [0.3, 0.4) is 0 Å². The summed E-state index contributed by atoms with van der Waals surface area (Å²) in [5.74, 6) is 1.96. The van der Waals surface area contributed by atoms with Gasteiger partial charge in [0.05, 0.1) is 25.7 Å². The van der Waals surface area contributed by atoms with Crippen LogP contribution in [0.5, 0.6) is 17.2 Å². The average molecular weight is 427 g/mol. The molecule has 0 saturated heterocycles. The topological polar surface area (TPSA) is 94.3 Å². The van der Waals surface area contributed by atoms with Crippen molar-refractivity contribution in [1.82, 2.24) is 4.90 Å². The van der Waals surface area contributed by atoms with Gasteiger partial charge >= 0.3 is 0 Å². The minimum absolute atomic E-state index is 0. The summed E-state index contributed by atoms with van der Waals surface area (Å²) in [5, 5.41) is 20.0. The monoisotopic (exact) mass is 426 g/mol. The molecule has 0 radical (unpaired) electrons. The van der Waals surface area contributed by atoms with Gasteiger partial charge in [-0.15, -0.1) is 12.4 Å². The van der Waals surface area contributed by atoms with Crippen molar-refractivity contribution in [2.75, 3.05) is 47.1 Å². The van der Waals surface area contributed by atoms with Gasteiger partial charge in [0, 0.05) is 31.8 Å². The first-order valence-electron chi connectivity index (χ1n) is 8.98. The lowest BCUT2D eigenvalue weighted by atomic mass is 10.1. The number of halogens is 1. The van der Waals surface area contributed by atoms with E-state index >= 15 is 0 Å². The molecule has 1 N–H and O–H groups in total. The van der Waals surface area contributed by atoms with Crippen LogP contribution in [0.25, 0.3) is 0 Å². The fourth-order valence-corrected chi connectivity index (χ4v) is 2.76. The Morgan fingerprint density at radius 2 is 1.69 bits per heavy atom. The highest BCUT2D eigenvalue weighted by molar-refractivity contribution is 5.85. The molecule has 0 unspecified atom stereocenters. The minimum Gasteiger partial charge on any atom is -0.493 e. The van der Waals surface area contributed by atoms with E-state index in [0.29, 0.717) is 36.9 Å². The molecule has 0 aromatic heterocycles. The molecule has 0 amide bonds. The third kappa shape index (κ3) is 7.77. The second-order valence-electron chi connectivity index (χ2n) is 6.10. The zero-order chi connectivity index (χ0) is 20.4. The van der Waals surface area contributed by atoms with E-state index in [0.717, 1.165) is 18.5 Å². The SMILES string of the molecule is COc1ccc(CCN(CCO)CCOc2ccc([N+](=O)[O-])cc2)cc1OC.Cl. The van der Waals surface area contributed by atoms with Crippen molar-refractivity contribution in [2.24, 2.45) is 0 Å². The first kappa shape index (κ1) is 24.5. The van der Waals surface area contributed by atoms with E-state index in [4.69, 9.17) is 14.2 Å². The molecule has 0 spiro atoms. The van der Waals surface area contributed by atoms with Gasteiger partial charge in [-0.05, 0) is 36.2 Å². The molecule has 0 atom stereocenters. The molecule has 0 aliphatic heterocycles. The summed E-state index contributed by atoms with van der Waals surface area (Å²) in [6.45, 7) is 2.40. The fourth-order valence-electron chi connectivity index (χ4n) is 2.76. The lowest BCUT2D eigenvalue weighted by molar-refractivity contribution is -0.384. The molecule has 0 fully saturated rings. The van der Waals surface area contributed by atoms with E-state index in [2.05, 4.69) is 4.90 Å². The zero-order valence-electron chi connectivity index (χ0n) is 16.6. The predicted octanol–water partition coefficient (Wildman–Crippen LogP) is 2.95. The number of ether oxygens (including phenoxy) is 3. The van der Waals surface area contributed by atoms with Crippen molar-refractivity contribution in [3.05, 3.63) is 58.1 Å². The molecule has 0 bridgehead atoms. The van der Waals surface area contributed by atoms with Crippen LogP contribution in [0.1, 0.15) is 5.56 Å². The van der Waals surface area contributed by atoms with E-state index in [1.165, 1.54) is 12.1 Å². The quantitative estimate of drug-likeness (QED) is 0.412. The Morgan fingerprint density at radius 1 is 1.00 bits per heavy atom. The number of rotatable bonds is 12. The molecule has 0 aliphatic rings. The molecule has 9 heteroatoms. The second kappa shape index (κ2) is 12.8. The summed E-state index contributed by atoms with van der Waals surface area (Å²) in [6, 6.07) is 11.8. The number of aliphatic hydroxyl groups is 1. The number of aliphatic hydroxyl groups excluding tert-OH is 1. The Kier molecular flexibility index (Phi) is 10.8. The van der Waals surface area contributed by atoms with Crippen molar-refractivity contribution in [3.63, 3.8) is 0 Å². The number of non-ortho nitro benzene ring substituents is 1. The lowest BCUT2D eigenvalue weighted by Crippen LogP contribution is -2.33. The number of methoxy groups -OCH3 is 2. The number of hydrogen-bond donors (Lipinski definition) is 1. The van der Waals surface area contributed by atoms with Crippen molar-refractivity contribution in [2.45, 2.75) is 6.42 Å². The Hall–Kier alpha value is -2.55. The van der Waals surface area contributed by atoms with Gasteiger partial charge in [0.1, 0.15) is 12.4 Å². The lowest BCUT2D eigenvalue weighted by Gasteiger charge is -2.21. The minimum atomic E-state index is -0.444. The van der Waals surface area contributed by atoms with Crippen LogP contribution in [0, 0.1) is 10.1 Å². The largest absolute Gasteiger partial charge is 0.493 e. The van der Waals surface area contributed by atoms with Crippen LogP contribution in [0.4, 0.5) is 5.69 Å². The fraction of sp³-hybridized carbons (Fsp3) is 0.400. The van der Waals surface area contributed by atoms with E-state index in [9.17, 15) is 15.2 Å². The number of nitro benzene ring substituents is 1. The van der Waals surface area contributed by atoms with Gasteiger partial charge in [-0.25, -0.2) is 0 Å². The first-order valence-corrected chi connectivity index (χ1v) is 8.98. The van der Waals surface area contributed by atoms with E-state index in [1.807, 2.05) is 18.2 Å². The van der Waals surface area contributed by atoms with Gasteiger partial charge in [0.25, 0.3) is 5.69 Å². The molecule has 0 heterocycles. The van der Waals surface area contributed by atoms with E-state index < -0.39 is 4.92 Å². The molecule has 0 saturated carbocycles. The van der Waals surface area contributed by atoms with Gasteiger partial charge in [-0.3, -0.25) is 15.0 Å². The van der Waals surface area contributed by atoms with Crippen molar-refractivity contribution < 1.29 is 24.2 Å². The molecular formula is C20H27ClN2O6. The molecule has 2 aromatic rings. The van der Waals surface area contributed by atoms with Gasteiger partial charge < -0.3 is 19.3 Å². The highest BCUT2D eigenvalue weighted by Crippen LogP contribution is 2.27. The number of nitro groups is 1. The standard InChI is InChI=1S/C20H26N2O6.ClH/c1-26-19-8-3-16(15-20(19)27-2)9-10-21(11-13-23)12-14-28-18-6-4-17(5-7-18)22(24)25;/h3-8,15,23H,9-14H2,1-2H3;1H. The summed E-state index contributed by atoms with van der Waals surface area (Å²) >= 11 is 0. The van der Waals surface area contributed by atoms with Gasteiger partial charge in [0.2, 0.25) is 0 Å². The smallest absolute Gasteiger partial charge is 0.269 e. The normalized spacial score (nSPS) is 10.3. The first-order chi connectivity index (χ1) is 13.6. The van der Waals surface area contributed by atoms with Crippen molar-refractivity contribution >= 4 is 18.1 Å². The molecule has 8 nitrogen and oxygen atoms in total. The van der Waals surface area contributed by atoms with E-state index in [1.54, 1.807) is 26.4 Å². The number of benzene rings is 2. The van der Waals surface area contributed by atoms with Crippen LogP contribution >= 0.6 is 12.4 Å². The van der Waals surface area contributed by atoms with Crippen LogP contribution in [-0.2, 0) is 6.42 Å². The molecule has 2 aromatic carbocycles. The molecule has 2 rings (SSSR count). The maximum Gasteiger partial charge on any atom is 0.269 e. The third-order valence-corrected chi connectivity index (χ3v) is 4.30. The Labute approximate surface area is 176 Å². The van der Waals surface area contributed by atoms with E-state index in [-0.39, 0.29) is 24.7 Å². The maximum atomic E-state index is 10.7. The van der Waals surface area contributed by atoms with Crippen LogP contribution < -0.4 is 14.2 Å². The Morgan fingerprint density at radius 3 is 2.28 bits per heavy atom. The van der Waals surface area contributed by atoms with Gasteiger partial charge in [-0.1, -0.05) is 6.07 Å². The van der Waals surface area contributed by atoms with Crippen LogP contribution in [0.15, 0.2) is 42.5 Å². The summed E-state index contributed by atoms with van der Waals surface area (Å²) in [6.07, 6.45) is 0.790.